The lowest BCUT2D eigenvalue weighted by molar-refractivity contribution is -0.140. The number of benzene rings is 3. The summed E-state index contributed by atoms with van der Waals surface area (Å²) in [7, 11) is -3.93. The first-order valence-corrected chi connectivity index (χ1v) is 16.1. The number of hydrogen-bond acceptors (Lipinski definition) is 6. The summed E-state index contributed by atoms with van der Waals surface area (Å²) >= 11 is 12.6. The fourth-order valence-corrected chi connectivity index (χ4v) is 5.86. The summed E-state index contributed by atoms with van der Waals surface area (Å²) in [6.45, 7) is 2.44. The van der Waals surface area contributed by atoms with Crippen LogP contribution in [-0.4, -0.2) is 63.7 Å². The summed E-state index contributed by atoms with van der Waals surface area (Å²) < 4.78 is 38.2. The quantitative estimate of drug-likeness (QED) is 0.310. The second-order valence-electron chi connectivity index (χ2n) is 9.85. The highest BCUT2D eigenvalue weighted by molar-refractivity contribution is 7.92. The summed E-state index contributed by atoms with van der Waals surface area (Å²) in [6, 6.07) is 17.9. The largest absolute Gasteiger partial charge is 0.486 e. The topological polar surface area (TPSA) is 105 Å². The van der Waals surface area contributed by atoms with Crippen molar-refractivity contribution in [3.63, 3.8) is 0 Å². The van der Waals surface area contributed by atoms with E-state index in [0.29, 0.717) is 53.3 Å². The predicted octanol–water partition coefficient (Wildman–Crippen LogP) is 4.70. The Morgan fingerprint density at radius 2 is 1.69 bits per heavy atom. The third-order valence-corrected chi connectivity index (χ3v) is 8.40. The predicted molar refractivity (Wildman–Crippen MR) is 164 cm³/mol. The molecule has 4 rings (SSSR count). The van der Waals surface area contributed by atoms with Gasteiger partial charge in [0.1, 0.15) is 25.8 Å². The van der Waals surface area contributed by atoms with Crippen LogP contribution >= 0.6 is 23.2 Å². The number of rotatable bonds is 12. The Kier molecular flexibility index (Phi) is 10.6. The van der Waals surface area contributed by atoms with E-state index in [0.717, 1.165) is 16.1 Å². The van der Waals surface area contributed by atoms with Gasteiger partial charge in [-0.25, -0.2) is 8.42 Å². The minimum atomic E-state index is -3.93. The first-order valence-electron chi connectivity index (χ1n) is 13.5. The van der Waals surface area contributed by atoms with Gasteiger partial charge in [-0.15, -0.1) is 0 Å². The molecule has 9 nitrogen and oxygen atoms in total. The van der Waals surface area contributed by atoms with Crippen LogP contribution < -0.4 is 19.1 Å². The molecular formula is C30H33Cl2N3O6S. The van der Waals surface area contributed by atoms with Crippen molar-refractivity contribution in [2.24, 2.45) is 0 Å². The number of fused-ring (bicyclic) bond motifs is 1. The lowest BCUT2D eigenvalue weighted by atomic mass is 10.0. The molecule has 0 fully saturated rings. The highest BCUT2D eigenvalue weighted by Gasteiger charge is 2.33. The SMILES string of the molecule is CCCNC(=O)C(Cc1ccccc1)N(Cc1ccc(Cl)cc1Cl)C(=O)CN(c1ccc2c(c1)OCCO2)S(C)(=O)=O. The summed E-state index contributed by atoms with van der Waals surface area (Å²) in [5.74, 6) is -0.0804. The van der Waals surface area contributed by atoms with Gasteiger partial charge in [-0.2, -0.15) is 0 Å². The van der Waals surface area contributed by atoms with Crippen LogP contribution in [0.3, 0.4) is 0 Å². The van der Waals surface area contributed by atoms with E-state index < -0.39 is 28.5 Å². The Labute approximate surface area is 256 Å². The molecule has 1 heterocycles. The molecule has 12 heteroatoms. The third-order valence-electron chi connectivity index (χ3n) is 6.67. The standard InChI is InChI=1S/C30H33Cl2N3O6S/c1-3-13-33-30(37)26(16-21-7-5-4-6-8-21)34(19-22-9-10-23(31)17-25(22)32)29(36)20-35(42(2,38)39)24-11-12-27-28(18-24)41-15-14-40-27/h4-12,17-18,26H,3,13-16,19-20H2,1-2H3,(H,33,37). The second kappa shape index (κ2) is 14.1. The fourth-order valence-electron chi connectivity index (χ4n) is 4.55. The van der Waals surface area contributed by atoms with Gasteiger partial charge in [0.25, 0.3) is 0 Å². The molecule has 0 spiro atoms. The van der Waals surface area contributed by atoms with E-state index in [9.17, 15) is 18.0 Å². The molecule has 3 aromatic carbocycles. The van der Waals surface area contributed by atoms with Crippen molar-refractivity contribution in [3.8, 4) is 11.5 Å². The Balaban J connectivity index is 1.74. The highest BCUT2D eigenvalue weighted by Crippen LogP contribution is 2.35. The minimum Gasteiger partial charge on any atom is -0.486 e. The molecule has 1 atom stereocenters. The summed E-state index contributed by atoms with van der Waals surface area (Å²) in [4.78, 5) is 29.1. The second-order valence-corrected chi connectivity index (χ2v) is 12.6. The van der Waals surface area contributed by atoms with Gasteiger partial charge < -0.3 is 19.7 Å². The number of halogens is 2. The molecule has 0 saturated carbocycles. The molecule has 0 saturated heterocycles. The number of nitrogens with zero attached hydrogens (tertiary/aromatic N) is 2. The minimum absolute atomic E-state index is 0.0510. The van der Waals surface area contributed by atoms with Crippen molar-refractivity contribution in [2.45, 2.75) is 32.4 Å². The summed E-state index contributed by atoms with van der Waals surface area (Å²) in [6.07, 6.45) is 1.93. The number of amides is 2. The highest BCUT2D eigenvalue weighted by atomic mass is 35.5. The van der Waals surface area contributed by atoms with Gasteiger partial charge in [0.15, 0.2) is 11.5 Å². The Bertz CT molecular complexity index is 1520. The molecule has 2 amide bonds. The first kappa shape index (κ1) is 31.5. The molecule has 0 aliphatic carbocycles. The number of anilines is 1. The van der Waals surface area contributed by atoms with Crippen LogP contribution in [0, 0.1) is 0 Å². The normalized spacial score (nSPS) is 13.2. The molecule has 0 aromatic heterocycles. The fraction of sp³-hybridized carbons (Fsp3) is 0.333. The van der Waals surface area contributed by atoms with Crippen LogP contribution in [0.2, 0.25) is 10.0 Å². The smallest absolute Gasteiger partial charge is 0.244 e. The molecule has 0 bridgehead atoms. The monoisotopic (exact) mass is 633 g/mol. The number of nitrogens with one attached hydrogen (secondary N) is 1. The molecular weight excluding hydrogens is 601 g/mol. The molecule has 224 valence electrons. The maximum Gasteiger partial charge on any atom is 0.244 e. The van der Waals surface area contributed by atoms with Crippen molar-refractivity contribution < 1.29 is 27.5 Å². The van der Waals surface area contributed by atoms with Crippen molar-refractivity contribution in [2.75, 3.05) is 36.9 Å². The average Bonchev–Trinajstić information content (AvgIpc) is 2.97. The van der Waals surface area contributed by atoms with E-state index in [4.69, 9.17) is 32.7 Å². The van der Waals surface area contributed by atoms with Crippen LogP contribution in [0.5, 0.6) is 11.5 Å². The zero-order chi connectivity index (χ0) is 30.3. The number of carbonyl (C=O) groups excluding carboxylic acids is 2. The molecule has 1 N–H and O–H groups in total. The Morgan fingerprint density at radius 3 is 2.36 bits per heavy atom. The van der Waals surface area contributed by atoms with E-state index in [1.165, 1.54) is 11.0 Å². The molecule has 1 unspecified atom stereocenters. The Morgan fingerprint density at radius 1 is 0.976 bits per heavy atom. The Hall–Kier alpha value is -3.47. The van der Waals surface area contributed by atoms with Gasteiger partial charge in [-0.1, -0.05) is 66.5 Å². The number of hydrogen-bond donors (Lipinski definition) is 1. The van der Waals surface area contributed by atoms with Crippen LogP contribution in [-0.2, 0) is 32.6 Å². The van der Waals surface area contributed by atoms with E-state index in [-0.39, 0.29) is 24.6 Å². The number of carbonyl (C=O) groups is 2. The maximum absolute atomic E-state index is 14.2. The number of sulfonamides is 1. The number of ether oxygens (including phenoxy) is 2. The van der Waals surface area contributed by atoms with Crippen molar-refractivity contribution in [1.29, 1.82) is 0 Å². The van der Waals surface area contributed by atoms with E-state index in [1.54, 1.807) is 30.3 Å². The van der Waals surface area contributed by atoms with Gasteiger partial charge in [0.05, 0.1) is 11.9 Å². The third kappa shape index (κ3) is 8.08. The lowest BCUT2D eigenvalue weighted by Gasteiger charge is -2.34. The van der Waals surface area contributed by atoms with Gasteiger partial charge in [0, 0.05) is 35.6 Å². The van der Waals surface area contributed by atoms with Crippen LogP contribution in [0.1, 0.15) is 24.5 Å². The summed E-state index contributed by atoms with van der Waals surface area (Å²) in [5, 5.41) is 3.64. The van der Waals surface area contributed by atoms with Gasteiger partial charge in [0.2, 0.25) is 21.8 Å². The van der Waals surface area contributed by atoms with Crippen molar-refractivity contribution in [1.82, 2.24) is 10.2 Å². The molecule has 1 aliphatic heterocycles. The van der Waals surface area contributed by atoms with Gasteiger partial charge in [-0.05, 0) is 41.8 Å². The van der Waals surface area contributed by atoms with Gasteiger partial charge in [-0.3, -0.25) is 13.9 Å². The van der Waals surface area contributed by atoms with E-state index >= 15 is 0 Å². The zero-order valence-corrected chi connectivity index (χ0v) is 25.7. The average molecular weight is 635 g/mol. The van der Waals surface area contributed by atoms with E-state index in [1.807, 2.05) is 37.3 Å². The van der Waals surface area contributed by atoms with Crippen LogP contribution in [0.25, 0.3) is 0 Å². The van der Waals surface area contributed by atoms with Gasteiger partial charge >= 0.3 is 0 Å². The zero-order valence-electron chi connectivity index (χ0n) is 23.4. The lowest BCUT2D eigenvalue weighted by Crippen LogP contribution is -2.53. The molecule has 0 radical (unpaired) electrons. The van der Waals surface area contributed by atoms with Crippen LogP contribution in [0.4, 0.5) is 5.69 Å². The molecule has 3 aromatic rings. The van der Waals surface area contributed by atoms with Crippen molar-refractivity contribution in [3.05, 3.63) is 87.9 Å². The maximum atomic E-state index is 14.2. The van der Waals surface area contributed by atoms with E-state index in [2.05, 4.69) is 5.32 Å². The molecule has 1 aliphatic rings. The van der Waals surface area contributed by atoms with Crippen molar-refractivity contribution >= 4 is 50.7 Å². The summed E-state index contributed by atoms with van der Waals surface area (Å²) in [5.41, 5.74) is 1.62. The molecule has 42 heavy (non-hydrogen) atoms. The first-order chi connectivity index (χ1) is 20.1. The van der Waals surface area contributed by atoms with Crippen LogP contribution in [0.15, 0.2) is 66.7 Å².